The van der Waals surface area contributed by atoms with Gasteiger partial charge in [-0.15, -0.1) is 0 Å². The van der Waals surface area contributed by atoms with Crippen molar-refractivity contribution in [3.8, 4) is 5.75 Å². The number of hydrogen-bond donors (Lipinski definition) is 1. The molecule has 0 aliphatic rings. The van der Waals surface area contributed by atoms with Gasteiger partial charge in [0.15, 0.2) is 5.75 Å². The van der Waals surface area contributed by atoms with E-state index in [4.69, 9.17) is 4.74 Å². The zero-order valence-corrected chi connectivity index (χ0v) is 15.4. The number of rotatable bonds is 9. The van der Waals surface area contributed by atoms with Gasteiger partial charge in [0.05, 0.1) is 4.92 Å². The summed E-state index contributed by atoms with van der Waals surface area (Å²) in [6.07, 6.45) is 3.23. The van der Waals surface area contributed by atoms with Gasteiger partial charge in [-0.05, 0) is 41.8 Å². The average Bonchev–Trinajstić information content (AvgIpc) is 2.69. The zero-order chi connectivity index (χ0) is 20.5. The lowest BCUT2D eigenvalue weighted by molar-refractivity contribution is -0.385. The first kappa shape index (κ1) is 20.9. The van der Waals surface area contributed by atoms with Crippen LogP contribution in [0.4, 0.5) is 20.6 Å². The molecule has 1 N–H and O–H groups in total. The van der Waals surface area contributed by atoms with Crippen molar-refractivity contribution in [2.24, 2.45) is 0 Å². The quantitative estimate of drug-likeness (QED) is 0.370. The van der Waals surface area contributed by atoms with Gasteiger partial charge in [0.1, 0.15) is 13.3 Å². The Bertz CT molecular complexity index is 852. The number of ether oxygens (including phenoxy) is 1. The predicted molar refractivity (Wildman–Crippen MR) is 106 cm³/mol. The molecule has 0 unspecified atom stereocenters. The Morgan fingerprint density at radius 2 is 1.86 bits per heavy atom. The molecule has 2 aromatic carbocycles. The van der Waals surface area contributed by atoms with Gasteiger partial charge < -0.3 is 9.84 Å². The van der Waals surface area contributed by atoms with Crippen LogP contribution in [0.15, 0.2) is 42.5 Å². The van der Waals surface area contributed by atoms with Crippen molar-refractivity contribution in [1.29, 1.82) is 0 Å². The van der Waals surface area contributed by atoms with E-state index in [1.807, 2.05) is 6.92 Å². The number of halogens is 1. The maximum atomic E-state index is 12.3. The number of alkyl halides is 1. The minimum atomic E-state index is -1.00. The molecule has 1 amide bonds. The summed E-state index contributed by atoms with van der Waals surface area (Å²) in [6.45, 7) is 1.32. The van der Waals surface area contributed by atoms with E-state index in [1.165, 1.54) is 17.0 Å². The molecule has 0 saturated heterocycles. The Kier molecular flexibility index (Phi) is 7.50. The lowest BCUT2D eigenvalue weighted by Gasteiger charge is -2.18. The third-order valence-corrected chi connectivity index (χ3v) is 3.87. The standard InChI is InChI=1S/C20H21FN2O5/c1-2-12-22(20(24)25)17-8-5-15(6-9-17)3-4-16-7-10-18(23(26)27)19(14-16)28-13-11-21/h3-10,14H,2,11-13H2,1H3,(H,24,25). The van der Waals surface area contributed by atoms with E-state index in [2.05, 4.69) is 0 Å². The highest BCUT2D eigenvalue weighted by molar-refractivity contribution is 5.86. The molecule has 0 saturated carbocycles. The molecule has 148 valence electrons. The lowest BCUT2D eigenvalue weighted by atomic mass is 10.1. The SMILES string of the molecule is CCCN(C(=O)O)c1ccc(C=Cc2ccc([N+](=O)[O-])c(OCCF)c2)cc1. The van der Waals surface area contributed by atoms with Crippen LogP contribution in [0, 0.1) is 10.1 Å². The van der Waals surface area contributed by atoms with Crippen LogP contribution in [0.5, 0.6) is 5.75 Å². The summed E-state index contributed by atoms with van der Waals surface area (Å²) in [5.74, 6) is 0.0109. The van der Waals surface area contributed by atoms with Gasteiger partial charge in [-0.3, -0.25) is 15.0 Å². The van der Waals surface area contributed by atoms with Crippen LogP contribution in [0.1, 0.15) is 24.5 Å². The number of carbonyl (C=O) groups is 1. The largest absolute Gasteiger partial charge is 0.484 e. The molecule has 2 aromatic rings. The molecule has 2 rings (SSSR count). The fourth-order valence-electron chi connectivity index (χ4n) is 2.57. The molecule has 0 radical (unpaired) electrons. The van der Waals surface area contributed by atoms with Crippen LogP contribution in [-0.4, -0.2) is 35.9 Å². The van der Waals surface area contributed by atoms with Crippen molar-refractivity contribution in [2.75, 3.05) is 24.7 Å². The summed E-state index contributed by atoms with van der Waals surface area (Å²) in [6, 6.07) is 11.4. The molecule has 0 aliphatic heterocycles. The molecule has 0 spiro atoms. The molecular formula is C20H21FN2O5. The average molecular weight is 388 g/mol. The summed E-state index contributed by atoms with van der Waals surface area (Å²) < 4.78 is 17.4. The van der Waals surface area contributed by atoms with Crippen molar-refractivity contribution >= 4 is 29.6 Å². The van der Waals surface area contributed by atoms with Crippen LogP contribution in [0.25, 0.3) is 12.2 Å². The topological polar surface area (TPSA) is 92.9 Å². The second kappa shape index (κ2) is 10.1. The van der Waals surface area contributed by atoms with Gasteiger partial charge in [-0.1, -0.05) is 31.2 Å². The second-order valence-electron chi connectivity index (χ2n) is 5.88. The maximum Gasteiger partial charge on any atom is 0.411 e. The van der Waals surface area contributed by atoms with Crippen LogP contribution in [0.2, 0.25) is 0 Å². The van der Waals surface area contributed by atoms with E-state index >= 15 is 0 Å². The molecular weight excluding hydrogens is 367 g/mol. The van der Waals surface area contributed by atoms with Crippen LogP contribution < -0.4 is 9.64 Å². The Morgan fingerprint density at radius 3 is 2.43 bits per heavy atom. The van der Waals surface area contributed by atoms with Crippen molar-refractivity contribution in [1.82, 2.24) is 0 Å². The monoisotopic (exact) mass is 388 g/mol. The maximum absolute atomic E-state index is 12.3. The number of benzene rings is 2. The Labute approximate surface area is 161 Å². The molecule has 0 bridgehead atoms. The van der Waals surface area contributed by atoms with Gasteiger partial charge in [0.2, 0.25) is 0 Å². The van der Waals surface area contributed by atoms with E-state index < -0.39 is 17.7 Å². The smallest absolute Gasteiger partial charge is 0.411 e. The normalized spacial score (nSPS) is 10.8. The fourth-order valence-corrected chi connectivity index (χ4v) is 2.57. The van der Waals surface area contributed by atoms with Gasteiger partial charge in [-0.25, -0.2) is 9.18 Å². The fraction of sp³-hybridized carbons (Fsp3) is 0.250. The first-order valence-corrected chi connectivity index (χ1v) is 8.72. The second-order valence-corrected chi connectivity index (χ2v) is 5.88. The number of nitro benzene ring substituents is 1. The number of nitrogens with zero attached hydrogens (tertiary/aromatic N) is 2. The van der Waals surface area contributed by atoms with Gasteiger partial charge in [-0.2, -0.15) is 0 Å². The molecule has 28 heavy (non-hydrogen) atoms. The van der Waals surface area contributed by atoms with E-state index in [0.29, 0.717) is 24.2 Å². The van der Waals surface area contributed by atoms with E-state index in [-0.39, 0.29) is 18.0 Å². The van der Waals surface area contributed by atoms with Crippen molar-refractivity contribution < 1.29 is 24.0 Å². The molecule has 0 fully saturated rings. The van der Waals surface area contributed by atoms with Gasteiger partial charge in [0.25, 0.3) is 0 Å². The van der Waals surface area contributed by atoms with Crippen LogP contribution in [0.3, 0.4) is 0 Å². The van der Waals surface area contributed by atoms with Crippen molar-refractivity contribution in [3.63, 3.8) is 0 Å². The summed E-state index contributed by atoms with van der Waals surface area (Å²) in [5, 5.41) is 20.3. The summed E-state index contributed by atoms with van der Waals surface area (Å²) in [7, 11) is 0. The van der Waals surface area contributed by atoms with E-state index in [0.717, 1.165) is 5.56 Å². The Hall–Kier alpha value is -3.42. The Morgan fingerprint density at radius 1 is 1.21 bits per heavy atom. The van der Waals surface area contributed by atoms with Gasteiger partial charge >= 0.3 is 11.8 Å². The molecule has 7 nitrogen and oxygen atoms in total. The lowest BCUT2D eigenvalue weighted by Crippen LogP contribution is -2.29. The van der Waals surface area contributed by atoms with E-state index in [1.54, 1.807) is 42.5 Å². The molecule has 0 aliphatic carbocycles. The number of hydrogen-bond acceptors (Lipinski definition) is 4. The molecule has 8 heteroatoms. The number of anilines is 1. The third-order valence-electron chi connectivity index (χ3n) is 3.87. The summed E-state index contributed by atoms with van der Waals surface area (Å²) >= 11 is 0. The van der Waals surface area contributed by atoms with Crippen LogP contribution >= 0.6 is 0 Å². The van der Waals surface area contributed by atoms with Crippen LogP contribution in [-0.2, 0) is 0 Å². The zero-order valence-electron chi connectivity index (χ0n) is 15.4. The minimum absolute atomic E-state index is 0.0109. The van der Waals surface area contributed by atoms with Crippen molar-refractivity contribution in [2.45, 2.75) is 13.3 Å². The highest BCUT2D eigenvalue weighted by atomic mass is 19.1. The number of amides is 1. The Balaban J connectivity index is 2.18. The summed E-state index contributed by atoms with van der Waals surface area (Å²) in [4.78, 5) is 23.0. The van der Waals surface area contributed by atoms with Crippen molar-refractivity contribution in [3.05, 3.63) is 63.7 Å². The number of nitro groups is 1. The first-order valence-electron chi connectivity index (χ1n) is 8.72. The summed E-state index contributed by atoms with van der Waals surface area (Å²) in [5.41, 5.74) is 1.85. The third kappa shape index (κ3) is 5.54. The molecule has 0 aromatic heterocycles. The molecule has 0 heterocycles. The molecule has 0 atom stereocenters. The highest BCUT2D eigenvalue weighted by Gasteiger charge is 2.15. The number of carboxylic acid groups (broad SMARTS) is 1. The minimum Gasteiger partial charge on any atom is -0.484 e. The first-order chi connectivity index (χ1) is 13.5. The predicted octanol–water partition coefficient (Wildman–Crippen LogP) is 5.01. The van der Waals surface area contributed by atoms with E-state index in [9.17, 15) is 24.4 Å². The van der Waals surface area contributed by atoms with Gasteiger partial charge in [0, 0.05) is 18.3 Å². The highest BCUT2D eigenvalue weighted by Crippen LogP contribution is 2.29.